The van der Waals surface area contributed by atoms with E-state index >= 15 is 0 Å². The lowest BCUT2D eigenvalue weighted by molar-refractivity contribution is -0.122. The smallest absolute Gasteiger partial charge is 0.244 e. The zero-order valence-electron chi connectivity index (χ0n) is 17.0. The molecule has 0 heterocycles. The van der Waals surface area contributed by atoms with E-state index in [2.05, 4.69) is 5.32 Å². The molecule has 7 heteroatoms. The molecule has 0 saturated carbocycles. The highest BCUT2D eigenvalue weighted by molar-refractivity contribution is 7.92. The van der Waals surface area contributed by atoms with Crippen LogP contribution in [0.2, 0.25) is 0 Å². The maximum atomic E-state index is 13.0. The molecule has 2 aromatic carbocycles. The molecule has 0 aromatic heterocycles. The van der Waals surface area contributed by atoms with Crippen LogP contribution in [0, 0.1) is 6.92 Å². The minimum Gasteiger partial charge on any atom is -0.497 e. The van der Waals surface area contributed by atoms with Gasteiger partial charge in [-0.15, -0.1) is 0 Å². The molecule has 0 unspecified atom stereocenters. The minimum absolute atomic E-state index is 0.242. The number of ether oxygens (including phenoxy) is 1. The summed E-state index contributed by atoms with van der Waals surface area (Å²) in [6.07, 6.45) is 1.43. The Kier molecular flexibility index (Phi) is 7.07. The monoisotopic (exact) mass is 404 g/mol. The van der Waals surface area contributed by atoms with E-state index in [0.29, 0.717) is 17.9 Å². The molecule has 0 radical (unpaired) electrons. The highest BCUT2D eigenvalue weighted by Crippen LogP contribution is 2.27. The fraction of sp³-hybridized carbons (Fsp3) is 0.381. The van der Waals surface area contributed by atoms with Crippen molar-refractivity contribution in [1.29, 1.82) is 0 Å². The van der Waals surface area contributed by atoms with Crippen LogP contribution in [0.1, 0.15) is 37.4 Å². The van der Waals surface area contributed by atoms with Gasteiger partial charge in [-0.2, -0.15) is 0 Å². The van der Waals surface area contributed by atoms with Gasteiger partial charge in [0, 0.05) is 6.07 Å². The quantitative estimate of drug-likeness (QED) is 0.731. The topological polar surface area (TPSA) is 75.7 Å². The fourth-order valence-corrected chi connectivity index (χ4v) is 4.26. The molecule has 0 bridgehead atoms. The molecule has 1 N–H and O–H groups in total. The van der Waals surface area contributed by atoms with Gasteiger partial charge in [0.2, 0.25) is 15.9 Å². The van der Waals surface area contributed by atoms with Gasteiger partial charge in [0.1, 0.15) is 11.8 Å². The normalized spacial score (nSPS) is 13.5. The Morgan fingerprint density at radius 3 is 2.36 bits per heavy atom. The molecule has 2 aromatic rings. The average molecular weight is 405 g/mol. The van der Waals surface area contributed by atoms with E-state index in [4.69, 9.17) is 4.74 Å². The van der Waals surface area contributed by atoms with Crippen LogP contribution in [-0.2, 0) is 14.8 Å². The van der Waals surface area contributed by atoms with E-state index in [1.807, 2.05) is 38.1 Å². The molecule has 0 aliphatic heterocycles. The second-order valence-corrected chi connectivity index (χ2v) is 8.68. The van der Waals surface area contributed by atoms with Crippen LogP contribution >= 0.6 is 0 Å². The Hall–Kier alpha value is -2.54. The van der Waals surface area contributed by atoms with Crippen LogP contribution in [0.5, 0.6) is 5.75 Å². The first-order valence-electron chi connectivity index (χ1n) is 9.17. The van der Waals surface area contributed by atoms with Crippen molar-refractivity contribution in [3.05, 3.63) is 59.7 Å². The summed E-state index contributed by atoms with van der Waals surface area (Å²) in [5, 5.41) is 2.94. The van der Waals surface area contributed by atoms with Gasteiger partial charge in [0.05, 0.1) is 25.1 Å². The van der Waals surface area contributed by atoms with Crippen LogP contribution < -0.4 is 14.4 Å². The van der Waals surface area contributed by atoms with Gasteiger partial charge in [-0.25, -0.2) is 8.42 Å². The Labute approximate surface area is 167 Å². The highest BCUT2D eigenvalue weighted by Gasteiger charge is 2.32. The Morgan fingerprint density at radius 2 is 1.82 bits per heavy atom. The van der Waals surface area contributed by atoms with E-state index in [0.717, 1.165) is 21.7 Å². The average Bonchev–Trinajstić information content (AvgIpc) is 2.65. The summed E-state index contributed by atoms with van der Waals surface area (Å²) >= 11 is 0. The van der Waals surface area contributed by atoms with Gasteiger partial charge in [-0.3, -0.25) is 9.10 Å². The van der Waals surface area contributed by atoms with Crippen LogP contribution in [-0.4, -0.2) is 33.7 Å². The van der Waals surface area contributed by atoms with Crippen molar-refractivity contribution in [2.45, 2.75) is 39.3 Å². The number of hydrogen-bond donors (Lipinski definition) is 1. The molecule has 1 amide bonds. The Morgan fingerprint density at radius 1 is 1.18 bits per heavy atom. The van der Waals surface area contributed by atoms with Gasteiger partial charge < -0.3 is 10.1 Å². The van der Waals surface area contributed by atoms with Crippen LogP contribution in [0.4, 0.5) is 5.69 Å². The maximum absolute atomic E-state index is 13.0. The van der Waals surface area contributed by atoms with Crippen LogP contribution in [0.15, 0.2) is 48.5 Å². The summed E-state index contributed by atoms with van der Waals surface area (Å²) in [7, 11) is -2.18. The predicted molar refractivity (Wildman–Crippen MR) is 112 cm³/mol. The number of methoxy groups -OCH3 is 1. The zero-order chi connectivity index (χ0) is 20.9. The van der Waals surface area contributed by atoms with Gasteiger partial charge >= 0.3 is 0 Å². The predicted octanol–water partition coefficient (Wildman–Crippen LogP) is 3.43. The third kappa shape index (κ3) is 5.25. The molecule has 152 valence electrons. The number of carbonyl (C=O) groups is 1. The van der Waals surface area contributed by atoms with Gasteiger partial charge in [-0.05, 0) is 38.0 Å². The number of anilines is 1. The summed E-state index contributed by atoms with van der Waals surface area (Å²) in [5.41, 5.74) is 2.49. The second kappa shape index (κ2) is 9.10. The van der Waals surface area contributed by atoms with Crippen molar-refractivity contribution in [3.63, 3.8) is 0 Å². The Balaban J connectivity index is 2.32. The number of benzene rings is 2. The molecular weight excluding hydrogens is 376 g/mol. The molecule has 0 spiro atoms. The molecule has 0 aliphatic rings. The van der Waals surface area contributed by atoms with Crippen molar-refractivity contribution >= 4 is 21.6 Å². The van der Waals surface area contributed by atoms with Crippen molar-refractivity contribution in [1.82, 2.24) is 5.32 Å². The van der Waals surface area contributed by atoms with Crippen molar-refractivity contribution in [2.75, 3.05) is 17.7 Å². The van der Waals surface area contributed by atoms with Crippen molar-refractivity contribution < 1.29 is 17.9 Å². The second-order valence-electron chi connectivity index (χ2n) is 6.83. The van der Waals surface area contributed by atoms with Gasteiger partial charge in [-0.1, -0.05) is 42.8 Å². The van der Waals surface area contributed by atoms with E-state index in [1.165, 1.54) is 7.11 Å². The number of carbonyl (C=O) groups excluding carboxylic acids is 1. The number of amides is 1. The molecule has 0 aliphatic carbocycles. The molecule has 6 nitrogen and oxygen atoms in total. The SMILES string of the molecule is CC[C@H](C(=O)N[C@@H](C)c1ccc(C)cc1)N(c1cccc(OC)c1)S(C)(=O)=O. The number of nitrogens with zero attached hydrogens (tertiary/aromatic N) is 1. The summed E-state index contributed by atoms with van der Waals surface area (Å²) in [5.74, 6) is 0.179. The summed E-state index contributed by atoms with van der Waals surface area (Å²) in [4.78, 5) is 13.0. The largest absolute Gasteiger partial charge is 0.497 e. The van der Waals surface area contributed by atoms with Gasteiger partial charge in [0.25, 0.3) is 0 Å². The summed E-state index contributed by atoms with van der Waals surface area (Å²) in [6.45, 7) is 5.67. The number of nitrogens with one attached hydrogen (secondary N) is 1. The summed E-state index contributed by atoms with van der Waals surface area (Å²) < 4.78 is 31.4. The first-order valence-corrected chi connectivity index (χ1v) is 11.0. The highest BCUT2D eigenvalue weighted by atomic mass is 32.2. The van der Waals surface area contributed by atoms with E-state index in [-0.39, 0.29) is 11.9 Å². The lowest BCUT2D eigenvalue weighted by Crippen LogP contribution is -2.49. The van der Waals surface area contributed by atoms with Crippen molar-refractivity contribution in [3.8, 4) is 5.75 Å². The first-order chi connectivity index (χ1) is 13.2. The Bertz CT molecular complexity index is 910. The number of hydrogen-bond acceptors (Lipinski definition) is 4. The standard InChI is InChI=1S/C21H28N2O4S/c1-6-20(21(24)22-16(3)17-12-10-15(2)11-13-17)23(28(5,25)26)18-8-7-9-19(14-18)27-4/h7-14,16,20H,6H2,1-5H3,(H,22,24)/t16-,20+/m0/s1. The zero-order valence-corrected chi connectivity index (χ0v) is 17.8. The fourth-order valence-electron chi connectivity index (χ4n) is 3.06. The number of aryl methyl sites for hydroxylation is 1. The minimum atomic E-state index is -3.69. The molecule has 0 saturated heterocycles. The number of rotatable bonds is 8. The lowest BCUT2D eigenvalue weighted by Gasteiger charge is -2.31. The van der Waals surface area contributed by atoms with Crippen LogP contribution in [0.25, 0.3) is 0 Å². The number of sulfonamides is 1. The first kappa shape index (κ1) is 21.8. The lowest BCUT2D eigenvalue weighted by atomic mass is 10.1. The third-order valence-electron chi connectivity index (χ3n) is 4.57. The summed E-state index contributed by atoms with van der Waals surface area (Å²) in [6, 6.07) is 13.5. The maximum Gasteiger partial charge on any atom is 0.244 e. The van der Waals surface area contributed by atoms with E-state index in [9.17, 15) is 13.2 Å². The van der Waals surface area contributed by atoms with E-state index < -0.39 is 16.1 Å². The molecule has 0 fully saturated rings. The molecular formula is C21H28N2O4S. The van der Waals surface area contributed by atoms with Crippen molar-refractivity contribution in [2.24, 2.45) is 0 Å². The van der Waals surface area contributed by atoms with Gasteiger partial charge in [0.15, 0.2) is 0 Å². The third-order valence-corrected chi connectivity index (χ3v) is 5.75. The molecule has 2 atom stereocenters. The van der Waals surface area contributed by atoms with E-state index in [1.54, 1.807) is 31.2 Å². The molecule has 2 rings (SSSR count). The molecule has 28 heavy (non-hydrogen) atoms. The van der Waals surface area contributed by atoms with Crippen LogP contribution in [0.3, 0.4) is 0 Å².